The van der Waals surface area contributed by atoms with Crippen molar-refractivity contribution in [2.75, 3.05) is 4.90 Å². The first-order valence-corrected chi connectivity index (χ1v) is 26.4. The Hall–Kier alpha value is -6.31. The topological polar surface area (TPSA) is 3.24 Å². The molecule has 5 aromatic rings. The van der Waals surface area contributed by atoms with E-state index in [2.05, 4.69) is 157 Å². The number of para-hydroxylation sites is 1. The van der Waals surface area contributed by atoms with Gasteiger partial charge in [-0.3, -0.25) is 0 Å². The van der Waals surface area contributed by atoms with Gasteiger partial charge in [-0.25, -0.2) is 0 Å². The molecule has 0 aliphatic heterocycles. The van der Waals surface area contributed by atoms with Crippen LogP contribution in [0.25, 0.3) is 33.4 Å². The van der Waals surface area contributed by atoms with Gasteiger partial charge in [-0.2, -0.15) is 0 Å². The second-order valence-corrected chi connectivity index (χ2v) is 21.0. The molecule has 0 saturated heterocycles. The second-order valence-electron chi connectivity index (χ2n) is 21.0. The summed E-state index contributed by atoms with van der Waals surface area (Å²) in [6, 6.07) is 26.0. The molecule has 0 heterocycles. The van der Waals surface area contributed by atoms with E-state index in [0.717, 1.165) is 101 Å². The minimum absolute atomic E-state index is 0.113. The summed E-state index contributed by atoms with van der Waals surface area (Å²) in [5, 5.41) is 0. The molecule has 0 saturated carbocycles. The summed E-state index contributed by atoms with van der Waals surface area (Å²) in [7, 11) is 44.1. The smallest absolute Gasteiger partial charge is 0.115 e. The lowest BCUT2D eigenvalue weighted by atomic mass is 9.60. The fraction of sp³-hybridized carbons (Fsp3) is 0.254. The molecule has 1 unspecified atom stereocenters. The molecule has 12 radical (unpaired) electrons. The first kappa shape index (κ1) is 52.5. The Bertz CT molecular complexity index is 3360. The highest BCUT2D eigenvalue weighted by atomic mass is 15.1. The number of fused-ring (bicyclic) bond motifs is 2. The Kier molecular flexibility index (Phi) is 15.3. The number of anilines is 3. The molecular weight excluding hydrogens is 884 g/mol. The molecule has 0 fully saturated rings. The minimum atomic E-state index is 0.113. The van der Waals surface area contributed by atoms with Gasteiger partial charge in [-0.1, -0.05) is 186 Å². The first-order chi connectivity index (χ1) is 35.5. The Balaban J connectivity index is 1.23. The summed E-state index contributed by atoms with van der Waals surface area (Å²) in [6.45, 7) is 25.0. The van der Waals surface area contributed by atoms with E-state index in [0.29, 0.717) is 50.0 Å². The predicted octanol–water partition coefficient (Wildman–Crippen LogP) is 12.3. The average molecular weight is 947 g/mol. The highest BCUT2D eigenvalue weighted by molar-refractivity contribution is 6.61. The SMILES string of the molecule is [B]c1c([B])c(-c2c([B])c([B])c(N(c3ccc(-c4ccc(/C(C=C)=C/C=C)cc4)cc3)c3ccccc3C3CC=CC4=C3C3=C(C4)C4=C(CCC=C4)CC3)c(C)c2[B])c([B])c(C)c1C(=C(\C)CC)/C(C)=C(/C)C(C)C. The fourth-order valence-corrected chi connectivity index (χ4v) is 12.2. The van der Waals surface area contributed by atoms with Gasteiger partial charge >= 0.3 is 0 Å². The maximum absolute atomic E-state index is 7.53. The lowest BCUT2D eigenvalue weighted by molar-refractivity contribution is 0.756. The molecule has 0 bridgehead atoms. The van der Waals surface area contributed by atoms with E-state index < -0.39 is 0 Å². The van der Waals surface area contributed by atoms with Gasteiger partial charge in [0, 0.05) is 23.0 Å². The van der Waals surface area contributed by atoms with Crippen LogP contribution < -0.4 is 37.7 Å². The van der Waals surface area contributed by atoms with Crippen LogP contribution in [-0.4, -0.2) is 47.1 Å². The molecule has 0 N–H and O–H groups in total. The number of hydrogen-bond donors (Lipinski definition) is 0. The van der Waals surface area contributed by atoms with Gasteiger partial charge < -0.3 is 4.90 Å². The van der Waals surface area contributed by atoms with Crippen LogP contribution in [0.2, 0.25) is 0 Å². The van der Waals surface area contributed by atoms with Crippen molar-refractivity contribution in [3.05, 3.63) is 206 Å². The molecule has 0 aromatic heterocycles. The van der Waals surface area contributed by atoms with Gasteiger partial charge in [0.15, 0.2) is 0 Å². The largest absolute Gasteiger partial charge is 0.311 e. The summed E-state index contributed by atoms with van der Waals surface area (Å²) in [4.78, 5) is 2.26. The molecule has 4 aliphatic carbocycles. The molecule has 74 heavy (non-hydrogen) atoms. The molecule has 0 amide bonds. The van der Waals surface area contributed by atoms with Crippen molar-refractivity contribution in [3.63, 3.8) is 0 Å². The van der Waals surface area contributed by atoms with Crippen molar-refractivity contribution in [1.82, 2.24) is 0 Å². The number of benzene rings is 5. The second kappa shape index (κ2) is 21.5. The van der Waals surface area contributed by atoms with Crippen LogP contribution in [-0.2, 0) is 0 Å². The Labute approximate surface area is 451 Å². The van der Waals surface area contributed by atoms with Crippen molar-refractivity contribution in [2.24, 2.45) is 5.92 Å². The number of nitrogens with zero attached hydrogens (tertiary/aromatic N) is 1. The Morgan fingerprint density at radius 2 is 1.36 bits per heavy atom. The van der Waals surface area contributed by atoms with Gasteiger partial charge in [-0.05, 0) is 193 Å². The summed E-state index contributed by atoms with van der Waals surface area (Å²) in [6.07, 6.45) is 22.2. The van der Waals surface area contributed by atoms with Crippen LogP contribution in [0.4, 0.5) is 17.1 Å². The van der Waals surface area contributed by atoms with Gasteiger partial charge in [0.25, 0.3) is 0 Å². The van der Waals surface area contributed by atoms with E-state index in [-0.39, 0.29) is 11.4 Å². The number of hydrogen-bond acceptors (Lipinski definition) is 1. The third-order valence-corrected chi connectivity index (χ3v) is 16.7. The zero-order valence-electron chi connectivity index (χ0n) is 44.9. The Morgan fingerprint density at radius 1 is 0.716 bits per heavy atom. The van der Waals surface area contributed by atoms with Crippen molar-refractivity contribution in [2.45, 2.75) is 106 Å². The number of allylic oxidation sites excluding steroid dienone is 18. The van der Waals surface area contributed by atoms with Gasteiger partial charge in [0.05, 0.1) is 0 Å². The van der Waals surface area contributed by atoms with E-state index in [4.69, 9.17) is 47.1 Å². The van der Waals surface area contributed by atoms with E-state index >= 15 is 0 Å². The fourth-order valence-electron chi connectivity index (χ4n) is 12.2. The summed E-state index contributed by atoms with van der Waals surface area (Å²) < 4.78 is 0. The molecule has 4 aliphatic rings. The van der Waals surface area contributed by atoms with Crippen LogP contribution in [0.5, 0.6) is 0 Å². The van der Waals surface area contributed by atoms with Gasteiger partial charge in [0.1, 0.15) is 47.1 Å². The quantitative estimate of drug-likeness (QED) is 0.0840. The lowest BCUT2D eigenvalue weighted by Crippen LogP contribution is -2.45. The number of rotatable bonds is 13. The first-order valence-electron chi connectivity index (χ1n) is 26.4. The van der Waals surface area contributed by atoms with Crippen LogP contribution >= 0.6 is 0 Å². The van der Waals surface area contributed by atoms with Gasteiger partial charge in [-0.15, -0.1) is 0 Å². The molecule has 5 aromatic carbocycles. The maximum atomic E-state index is 7.53. The van der Waals surface area contributed by atoms with Crippen molar-refractivity contribution >= 4 is 108 Å². The molecule has 354 valence electrons. The normalized spacial score (nSPS) is 17.0. The third kappa shape index (κ3) is 9.11. The molecule has 0 spiro atoms. The van der Waals surface area contributed by atoms with E-state index in [1.54, 1.807) is 11.6 Å². The molecule has 1 nitrogen and oxygen atoms in total. The molecular formula is C67H63B6N. The average Bonchev–Trinajstić information content (AvgIpc) is 3.82. The van der Waals surface area contributed by atoms with Crippen molar-refractivity contribution in [3.8, 4) is 22.3 Å². The van der Waals surface area contributed by atoms with E-state index in [1.165, 1.54) is 50.1 Å². The zero-order chi connectivity index (χ0) is 52.9. The summed E-state index contributed by atoms with van der Waals surface area (Å²) in [5.74, 6) is 0.453. The lowest BCUT2D eigenvalue weighted by Gasteiger charge is -2.36. The maximum Gasteiger partial charge on any atom is 0.115 e. The van der Waals surface area contributed by atoms with Crippen LogP contribution in [0.15, 0.2) is 179 Å². The highest BCUT2D eigenvalue weighted by Crippen LogP contribution is 2.54. The van der Waals surface area contributed by atoms with Crippen LogP contribution in [0, 0.1) is 19.8 Å². The molecule has 1 atom stereocenters. The van der Waals surface area contributed by atoms with E-state index in [1.807, 2.05) is 26.0 Å². The predicted molar refractivity (Wildman–Crippen MR) is 328 cm³/mol. The van der Waals surface area contributed by atoms with Gasteiger partial charge in [0.2, 0.25) is 0 Å². The zero-order valence-corrected chi connectivity index (χ0v) is 44.9. The van der Waals surface area contributed by atoms with E-state index in [9.17, 15) is 0 Å². The standard InChI is InChI=1S/C67H63B6N/c1-11-19-43(13-3)44-26-28-45(29-27-44)46-30-33-49(34-31-46)74(55-25-17-16-23-51(55)52-24-18-21-48-36-54-50-22-15-14-20-47(50)32-35-53(54)58(48)52)67-42(10)62(69)60(65(72)66(67)73)59-61(68)41(9)57(63(70)64(59)71)56(38(6)12-2)40(8)39(7)37(4)5/h11,13,15-19,21-23,25-31,33-34,37,52H,1,3,12,14,20,24,32,35-36H2,2,4-10H3/b40-39-,43-19+,56-38+. The summed E-state index contributed by atoms with van der Waals surface area (Å²) in [5.41, 5.74) is 27.5. The van der Waals surface area contributed by atoms with Crippen molar-refractivity contribution < 1.29 is 0 Å². The monoisotopic (exact) mass is 948 g/mol. The van der Waals surface area contributed by atoms with Crippen LogP contribution in [0.3, 0.4) is 0 Å². The highest BCUT2D eigenvalue weighted by Gasteiger charge is 2.37. The molecule has 9 rings (SSSR count). The van der Waals surface area contributed by atoms with Crippen molar-refractivity contribution in [1.29, 1.82) is 0 Å². The third-order valence-electron chi connectivity index (χ3n) is 16.7. The van der Waals surface area contributed by atoms with Crippen LogP contribution in [0.1, 0.15) is 120 Å². The molecule has 7 heteroatoms. The minimum Gasteiger partial charge on any atom is -0.311 e. The summed E-state index contributed by atoms with van der Waals surface area (Å²) >= 11 is 0. The Morgan fingerprint density at radius 3 is 2.01 bits per heavy atom.